The van der Waals surface area contributed by atoms with Crippen LogP contribution in [0.1, 0.15) is 32.1 Å². The van der Waals surface area contributed by atoms with Gasteiger partial charge < -0.3 is 9.79 Å². The molecule has 0 aromatic heterocycles. The molecule has 0 aliphatic heterocycles. The molecule has 0 aromatic carbocycles. The molecule has 2 bridgehead atoms. The van der Waals surface area contributed by atoms with E-state index in [1.807, 2.05) is 0 Å². The number of hydrogen-bond acceptors (Lipinski definition) is 1. The summed E-state index contributed by atoms with van der Waals surface area (Å²) < 4.78 is 11.1. The molecular formula is C8H15O3P. The van der Waals surface area contributed by atoms with Gasteiger partial charge in [0.2, 0.25) is 0 Å². The maximum Gasteiger partial charge on any atom is 0.328 e. The summed E-state index contributed by atoms with van der Waals surface area (Å²) in [5.41, 5.74) is -0.301. The third kappa shape index (κ3) is 1.46. The van der Waals surface area contributed by atoms with Crippen LogP contribution in [0.25, 0.3) is 0 Å². The summed E-state index contributed by atoms with van der Waals surface area (Å²) in [6.45, 7) is 0. The molecule has 70 valence electrons. The van der Waals surface area contributed by atoms with Crippen LogP contribution in [0.2, 0.25) is 0 Å². The van der Waals surface area contributed by atoms with Gasteiger partial charge in [-0.25, -0.2) is 0 Å². The average Bonchev–Trinajstić information content (AvgIpc) is 2.05. The monoisotopic (exact) mass is 190 g/mol. The molecule has 0 heterocycles. The van der Waals surface area contributed by atoms with Gasteiger partial charge in [-0.15, -0.1) is 0 Å². The van der Waals surface area contributed by atoms with E-state index in [9.17, 15) is 4.57 Å². The second kappa shape index (κ2) is 2.83. The second-order valence-corrected chi connectivity index (χ2v) is 6.01. The Morgan fingerprint density at radius 2 is 1.67 bits per heavy atom. The zero-order valence-corrected chi connectivity index (χ0v) is 7.91. The summed E-state index contributed by atoms with van der Waals surface area (Å²) in [7, 11) is -3.78. The molecule has 3 aliphatic rings. The molecule has 3 fully saturated rings. The molecule has 12 heavy (non-hydrogen) atoms. The van der Waals surface area contributed by atoms with Crippen molar-refractivity contribution in [2.24, 2.45) is 11.8 Å². The van der Waals surface area contributed by atoms with Crippen LogP contribution in [0, 0.1) is 11.8 Å². The normalized spacial score (nSPS) is 41.7. The van der Waals surface area contributed by atoms with E-state index in [0.29, 0.717) is 11.8 Å². The molecule has 0 radical (unpaired) electrons. The maximum absolute atomic E-state index is 11.1. The summed E-state index contributed by atoms with van der Waals surface area (Å²) in [4.78, 5) is 18.2. The van der Waals surface area contributed by atoms with Gasteiger partial charge in [-0.3, -0.25) is 4.57 Å². The third-order valence-electron chi connectivity index (χ3n) is 3.44. The van der Waals surface area contributed by atoms with Crippen molar-refractivity contribution in [2.75, 3.05) is 0 Å². The Hall–Kier alpha value is 0.150. The highest BCUT2D eigenvalue weighted by molar-refractivity contribution is 7.52. The van der Waals surface area contributed by atoms with Crippen molar-refractivity contribution in [2.45, 2.75) is 37.8 Å². The zero-order valence-electron chi connectivity index (χ0n) is 7.02. The second-order valence-electron chi connectivity index (χ2n) is 4.17. The van der Waals surface area contributed by atoms with Gasteiger partial charge >= 0.3 is 7.60 Å². The van der Waals surface area contributed by atoms with Gasteiger partial charge in [-0.1, -0.05) is 12.8 Å². The lowest BCUT2D eigenvalue weighted by Crippen LogP contribution is -2.34. The van der Waals surface area contributed by atoms with Crippen molar-refractivity contribution in [1.82, 2.24) is 0 Å². The number of hydrogen-bond donors (Lipinski definition) is 2. The predicted molar refractivity (Wildman–Crippen MR) is 45.9 cm³/mol. The third-order valence-corrected chi connectivity index (χ3v) is 4.94. The Morgan fingerprint density at radius 3 is 1.92 bits per heavy atom. The van der Waals surface area contributed by atoms with Crippen LogP contribution in [0.5, 0.6) is 0 Å². The first-order chi connectivity index (χ1) is 5.57. The van der Waals surface area contributed by atoms with Gasteiger partial charge in [0.05, 0.1) is 5.66 Å². The van der Waals surface area contributed by atoms with E-state index in [4.69, 9.17) is 9.79 Å². The van der Waals surface area contributed by atoms with Crippen LogP contribution in [0.15, 0.2) is 0 Å². The Balaban J connectivity index is 2.14. The lowest BCUT2D eigenvalue weighted by molar-refractivity contribution is 0.162. The van der Waals surface area contributed by atoms with Crippen LogP contribution in [0.3, 0.4) is 0 Å². The minimum atomic E-state index is -3.78. The zero-order chi connectivity index (χ0) is 8.77. The molecule has 0 saturated heterocycles. The Labute approximate surface area is 72.3 Å². The van der Waals surface area contributed by atoms with Gasteiger partial charge in [-0.05, 0) is 31.1 Å². The molecule has 3 aliphatic carbocycles. The molecule has 3 rings (SSSR count). The molecule has 0 amide bonds. The minimum absolute atomic E-state index is 0.301. The van der Waals surface area contributed by atoms with E-state index in [0.717, 1.165) is 19.3 Å². The van der Waals surface area contributed by atoms with Gasteiger partial charge in [0, 0.05) is 0 Å². The first-order valence-corrected chi connectivity index (χ1v) is 6.31. The highest BCUT2D eigenvalue weighted by Crippen LogP contribution is 2.56. The van der Waals surface area contributed by atoms with Crippen LogP contribution >= 0.6 is 7.60 Å². The minimum Gasteiger partial charge on any atom is -0.324 e. The molecule has 0 aromatic rings. The Morgan fingerprint density at radius 1 is 1.08 bits per heavy atom. The van der Waals surface area contributed by atoms with Gasteiger partial charge in [0.15, 0.2) is 0 Å². The molecule has 2 N–H and O–H groups in total. The lowest BCUT2D eigenvalue weighted by Gasteiger charge is -2.42. The van der Waals surface area contributed by atoms with Gasteiger partial charge in [-0.2, -0.15) is 0 Å². The van der Waals surface area contributed by atoms with Crippen LogP contribution in [0.4, 0.5) is 0 Å². The van der Waals surface area contributed by atoms with Crippen molar-refractivity contribution in [1.29, 1.82) is 0 Å². The molecule has 3 saturated carbocycles. The SMILES string of the molecule is O=P(O)(O)C1CC2CCC1CC2. The molecule has 3 nitrogen and oxygen atoms in total. The van der Waals surface area contributed by atoms with Crippen LogP contribution in [-0.2, 0) is 4.57 Å². The summed E-state index contributed by atoms with van der Waals surface area (Å²) >= 11 is 0. The fraction of sp³-hybridized carbons (Fsp3) is 1.00. The number of fused-ring (bicyclic) bond motifs is 3. The van der Waals surface area contributed by atoms with Gasteiger partial charge in [0.1, 0.15) is 0 Å². The summed E-state index contributed by atoms with van der Waals surface area (Å²) in [5, 5.41) is 0. The fourth-order valence-corrected chi connectivity index (χ4v) is 4.17. The molecule has 0 spiro atoms. The molecule has 4 heteroatoms. The van der Waals surface area contributed by atoms with Crippen LogP contribution in [-0.4, -0.2) is 15.4 Å². The molecule has 1 unspecified atom stereocenters. The highest BCUT2D eigenvalue weighted by atomic mass is 31.2. The smallest absolute Gasteiger partial charge is 0.324 e. The Bertz CT molecular complexity index is 214. The van der Waals surface area contributed by atoms with Crippen molar-refractivity contribution < 1.29 is 14.4 Å². The largest absolute Gasteiger partial charge is 0.328 e. The van der Waals surface area contributed by atoms with E-state index >= 15 is 0 Å². The number of rotatable bonds is 1. The van der Waals surface area contributed by atoms with Crippen LogP contribution < -0.4 is 0 Å². The standard InChI is InChI=1S/C8H15O3P/c9-12(10,11)8-5-6-1-3-7(8)4-2-6/h6-8H,1-5H2,(H2,9,10,11). The molecule has 1 atom stereocenters. The quantitative estimate of drug-likeness (QED) is 0.619. The summed E-state index contributed by atoms with van der Waals surface area (Å²) in [6, 6.07) is 0. The predicted octanol–water partition coefficient (Wildman–Crippen LogP) is 1.74. The van der Waals surface area contributed by atoms with Crippen molar-refractivity contribution in [3.63, 3.8) is 0 Å². The summed E-state index contributed by atoms with van der Waals surface area (Å²) in [5.74, 6) is 0.920. The fourth-order valence-electron chi connectivity index (χ4n) is 2.75. The van der Waals surface area contributed by atoms with Crippen molar-refractivity contribution in [3.8, 4) is 0 Å². The highest BCUT2D eigenvalue weighted by Gasteiger charge is 2.44. The first kappa shape index (κ1) is 8.74. The summed E-state index contributed by atoms with van der Waals surface area (Å²) in [6.07, 6.45) is 5.25. The average molecular weight is 190 g/mol. The van der Waals surface area contributed by atoms with E-state index in [2.05, 4.69) is 0 Å². The topological polar surface area (TPSA) is 57.5 Å². The Kier molecular flexibility index (Phi) is 2.06. The lowest BCUT2D eigenvalue weighted by atomic mass is 9.70. The van der Waals surface area contributed by atoms with Crippen molar-refractivity contribution >= 4 is 7.60 Å². The van der Waals surface area contributed by atoms with E-state index in [1.165, 1.54) is 12.8 Å². The molecular weight excluding hydrogens is 175 g/mol. The maximum atomic E-state index is 11.1. The first-order valence-electron chi connectivity index (χ1n) is 4.62. The van der Waals surface area contributed by atoms with Gasteiger partial charge in [0.25, 0.3) is 0 Å². The van der Waals surface area contributed by atoms with E-state index in [1.54, 1.807) is 0 Å². The van der Waals surface area contributed by atoms with E-state index in [-0.39, 0.29) is 5.66 Å². The van der Waals surface area contributed by atoms with Crippen molar-refractivity contribution in [3.05, 3.63) is 0 Å². The van der Waals surface area contributed by atoms with E-state index < -0.39 is 7.60 Å².